The number of carbonyl (C=O) groups is 2. The summed E-state index contributed by atoms with van der Waals surface area (Å²) >= 11 is 5.91. The molecule has 2 rings (SSSR count). The highest BCUT2D eigenvalue weighted by Gasteiger charge is 2.14. The number of furan rings is 1. The van der Waals surface area contributed by atoms with Gasteiger partial charge in [-0.3, -0.25) is 4.79 Å². The van der Waals surface area contributed by atoms with E-state index < -0.39 is 5.97 Å². The smallest absolute Gasteiger partial charge is 0.339 e. The Morgan fingerprint density at radius 1 is 1.29 bits per heavy atom. The van der Waals surface area contributed by atoms with E-state index in [0.717, 1.165) is 5.56 Å². The van der Waals surface area contributed by atoms with Crippen molar-refractivity contribution < 1.29 is 19.1 Å². The molecule has 0 aliphatic rings. The number of nitrogens with one attached hydrogen (secondary N) is 1. The van der Waals surface area contributed by atoms with Crippen LogP contribution < -0.4 is 5.32 Å². The second-order valence-corrected chi connectivity index (χ2v) is 5.04. The Balaban J connectivity index is 2.05. The first-order valence-corrected chi connectivity index (χ1v) is 6.63. The molecule has 1 heterocycles. The summed E-state index contributed by atoms with van der Waals surface area (Å²) in [6.45, 7) is 3.50. The standard InChI is InChI=1S/C15H14ClNO4/c1-8-5-10(3-4-13(8)16)14(18)17-7-11-6-12(15(19)20)9(2)21-11/h3-6H,7H2,1-2H3,(H,17,18)(H,19,20). The largest absolute Gasteiger partial charge is 0.478 e. The van der Waals surface area contributed by atoms with Crippen LogP contribution in [-0.2, 0) is 6.54 Å². The number of rotatable bonds is 4. The maximum absolute atomic E-state index is 12.0. The highest BCUT2D eigenvalue weighted by molar-refractivity contribution is 6.31. The summed E-state index contributed by atoms with van der Waals surface area (Å²) in [6.07, 6.45) is 0. The molecule has 21 heavy (non-hydrogen) atoms. The van der Waals surface area contributed by atoms with Crippen molar-refractivity contribution in [2.75, 3.05) is 0 Å². The van der Waals surface area contributed by atoms with Crippen molar-refractivity contribution >= 4 is 23.5 Å². The third-order valence-corrected chi connectivity index (χ3v) is 3.47. The second-order valence-electron chi connectivity index (χ2n) is 4.63. The molecule has 0 aliphatic heterocycles. The normalized spacial score (nSPS) is 10.4. The molecule has 110 valence electrons. The summed E-state index contributed by atoms with van der Waals surface area (Å²) in [6, 6.07) is 6.38. The lowest BCUT2D eigenvalue weighted by Crippen LogP contribution is -2.22. The lowest BCUT2D eigenvalue weighted by atomic mass is 10.1. The Hall–Kier alpha value is -2.27. The highest BCUT2D eigenvalue weighted by Crippen LogP contribution is 2.17. The predicted molar refractivity (Wildman–Crippen MR) is 77.8 cm³/mol. The van der Waals surface area contributed by atoms with Gasteiger partial charge in [0.25, 0.3) is 5.91 Å². The zero-order chi connectivity index (χ0) is 15.6. The van der Waals surface area contributed by atoms with Gasteiger partial charge < -0.3 is 14.8 Å². The predicted octanol–water partition coefficient (Wildman–Crippen LogP) is 3.18. The summed E-state index contributed by atoms with van der Waals surface area (Å²) in [7, 11) is 0. The van der Waals surface area contributed by atoms with E-state index in [0.29, 0.717) is 22.1 Å². The Labute approximate surface area is 126 Å². The first-order chi connectivity index (χ1) is 9.88. The molecule has 0 saturated carbocycles. The number of amides is 1. The minimum absolute atomic E-state index is 0.0987. The van der Waals surface area contributed by atoms with Gasteiger partial charge in [0.05, 0.1) is 6.54 Å². The van der Waals surface area contributed by atoms with Gasteiger partial charge in [0.1, 0.15) is 17.1 Å². The van der Waals surface area contributed by atoms with Crippen molar-refractivity contribution in [3.05, 3.63) is 57.5 Å². The molecule has 0 radical (unpaired) electrons. The number of carbonyl (C=O) groups excluding carboxylic acids is 1. The molecule has 0 bridgehead atoms. The van der Waals surface area contributed by atoms with Crippen LogP contribution in [0.25, 0.3) is 0 Å². The first-order valence-electron chi connectivity index (χ1n) is 6.25. The molecule has 6 heteroatoms. The van der Waals surface area contributed by atoms with Crippen LogP contribution in [0.4, 0.5) is 0 Å². The third-order valence-electron chi connectivity index (χ3n) is 3.04. The first kappa shape index (κ1) is 15.1. The van der Waals surface area contributed by atoms with E-state index >= 15 is 0 Å². The van der Waals surface area contributed by atoms with Gasteiger partial charge in [-0.15, -0.1) is 0 Å². The van der Waals surface area contributed by atoms with Crippen LogP contribution in [0.2, 0.25) is 5.02 Å². The Morgan fingerprint density at radius 3 is 2.57 bits per heavy atom. The Morgan fingerprint density at radius 2 is 2.00 bits per heavy atom. The van der Waals surface area contributed by atoms with Crippen LogP contribution in [0.1, 0.15) is 37.8 Å². The molecular formula is C15H14ClNO4. The van der Waals surface area contributed by atoms with Gasteiger partial charge in [0, 0.05) is 10.6 Å². The fraction of sp³-hybridized carbons (Fsp3) is 0.200. The van der Waals surface area contributed by atoms with Gasteiger partial charge in [-0.05, 0) is 43.7 Å². The molecule has 5 nitrogen and oxygen atoms in total. The fourth-order valence-electron chi connectivity index (χ4n) is 1.90. The molecule has 2 N–H and O–H groups in total. The lowest BCUT2D eigenvalue weighted by Gasteiger charge is -2.05. The maximum atomic E-state index is 12.0. The Bertz CT molecular complexity index is 706. The van der Waals surface area contributed by atoms with Gasteiger partial charge in [0.15, 0.2) is 0 Å². The van der Waals surface area contributed by atoms with Crippen molar-refractivity contribution in [3.8, 4) is 0 Å². The number of benzene rings is 1. The van der Waals surface area contributed by atoms with Crippen molar-refractivity contribution in [3.63, 3.8) is 0 Å². The molecule has 0 fully saturated rings. The average Bonchev–Trinajstić information content (AvgIpc) is 2.80. The summed E-state index contributed by atoms with van der Waals surface area (Å²) < 4.78 is 5.29. The molecule has 1 aromatic carbocycles. The molecular weight excluding hydrogens is 294 g/mol. The molecule has 0 spiro atoms. The lowest BCUT2D eigenvalue weighted by molar-refractivity contribution is 0.0694. The number of aryl methyl sites for hydroxylation is 2. The van der Waals surface area contributed by atoms with Gasteiger partial charge in [-0.1, -0.05) is 11.6 Å². The van der Waals surface area contributed by atoms with E-state index in [2.05, 4.69) is 5.32 Å². The van der Waals surface area contributed by atoms with Crippen LogP contribution in [0, 0.1) is 13.8 Å². The van der Waals surface area contributed by atoms with E-state index in [9.17, 15) is 9.59 Å². The number of hydrogen-bond acceptors (Lipinski definition) is 3. The number of hydrogen-bond donors (Lipinski definition) is 2. The fourth-order valence-corrected chi connectivity index (χ4v) is 2.02. The minimum atomic E-state index is -1.05. The number of halogens is 1. The van der Waals surface area contributed by atoms with E-state index in [1.165, 1.54) is 6.07 Å². The topological polar surface area (TPSA) is 79.5 Å². The molecule has 1 aromatic heterocycles. The third kappa shape index (κ3) is 3.44. The van der Waals surface area contributed by atoms with Gasteiger partial charge in [-0.2, -0.15) is 0 Å². The van der Waals surface area contributed by atoms with Crippen LogP contribution in [0.15, 0.2) is 28.7 Å². The molecule has 0 unspecified atom stereocenters. The van der Waals surface area contributed by atoms with E-state index in [1.807, 2.05) is 6.92 Å². The van der Waals surface area contributed by atoms with Crippen LogP contribution in [0.5, 0.6) is 0 Å². The maximum Gasteiger partial charge on any atom is 0.339 e. The average molecular weight is 308 g/mol. The molecule has 2 aromatic rings. The molecule has 1 amide bonds. The quantitative estimate of drug-likeness (QED) is 0.909. The van der Waals surface area contributed by atoms with Crippen molar-refractivity contribution in [2.24, 2.45) is 0 Å². The number of carboxylic acids is 1. The zero-order valence-electron chi connectivity index (χ0n) is 11.6. The zero-order valence-corrected chi connectivity index (χ0v) is 12.3. The van der Waals surface area contributed by atoms with Crippen molar-refractivity contribution in [1.82, 2.24) is 5.32 Å². The van der Waals surface area contributed by atoms with E-state index in [4.69, 9.17) is 21.1 Å². The summed E-state index contributed by atoms with van der Waals surface area (Å²) in [5.74, 6) is -0.624. The van der Waals surface area contributed by atoms with Crippen LogP contribution >= 0.6 is 11.6 Å². The highest BCUT2D eigenvalue weighted by atomic mass is 35.5. The summed E-state index contributed by atoms with van der Waals surface area (Å²) in [5.41, 5.74) is 1.39. The molecule has 0 saturated heterocycles. The van der Waals surface area contributed by atoms with Gasteiger partial charge >= 0.3 is 5.97 Å². The van der Waals surface area contributed by atoms with E-state index in [1.54, 1.807) is 25.1 Å². The molecule has 0 aliphatic carbocycles. The molecule has 0 atom stereocenters. The van der Waals surface area contributed by atoms with Crippen molar-refractivity contribution in [1.29, 1.82) is 0 Å². The van der Waals surface area contributed by atoms with E-state index in [-0.39, 0.29) is 18.0 Å². The summed E-state index contributed by atoms with van der Waals surface area (Å²) in [5, 5.41) is 12.2. The summed E-state index contributed by atoms with van der Waals surface area (Å²) in [4.78, 5) is 22.9. The van der Waals surface area contributed by atoms with Crippen LogP contribution in [-0.4, -0.2) is 17.0 Å². The van der Waals surface area contributed by atoms with Gasteiger partial charge in [-0.25, -0.2) is 4.79 Å². The monoisotopic (exact) mass is 307 g/mol. The second kappa shape index (κ2) is 6.01. The number of carboxylic acid groups (broad SMARTS) is 1. The Kier molecular flexibility index (Phi) is 4.33. The van der Waals surface area contributed by atoms with Crippen LogP contribution in [0.3, 0.4) is 0 Å². The number of aromatic carboxylic acids is 1. The van der Waals surface area contributed by atoms with Gasteiger partial charge in [0.2, 0.25) is 0 Å². The van der Waals surface area contributed by atoms with Crippen molar-refractivity contribution in [2.45, 2.75) is 20.4 Å². The minimum Gasteiger partial charge on any atom is -0.478 e. The SMILES string of the molecule is Cc1cc(C(=O)NCc2cc(C(=O)O)c(C)o2)ccc1Cl.